The normalized spacial score (nSPS) is 10.5. The molecule has 0 saturated heterocycles. The summed E-state index contributed by atoms with van der Waals surface area (Å²) in [5.74, 6) is 0.504. The van der Waals surface area contributed by atoms with E-state index in [9.17, 15) is 4.79 Å². The molecular formula is C13H14BrN3O2. The van der Waals surface area contributed by atoms with Gasteiger partial charge in [0.25, 0.3) is 5.56 Å². The first-order valence-corrected chi connectivity index (χ1v) is 6.46. The molecule has 6 heteroatoms. The quantitative estimate of drug-likeness (QED) is 0.937. The van der Waals surface area contributed by atoms with Crippen molar-refractivity contribution in [3.05, 3.63) is 50.5 Å². The van der Waals surface area contributed by atoms with Gasteiger partial charge >= 0.3 is 0 Å². The zero-order valence-electron chi connectivity index (χ0n) is 10.7. The number of hydrogen-bond donors (Lipinski definition) is 1. The monoisotopic (exact) mass is 323 g/mol. The molecule has 0 aliphatic heterocycles. The van der Waals surface area contributed by atoms with Crippen LogP contribution in [0.1, 0.15) is 11.1 Å². The van der Waals surface area contributed by atoms with Crippen LogP contribution >= 0.6 is 15.9 Å². The van der Waals surface area contributed by atoms with E-state index in [1.807, 2.05) is 6.07 Å². The Morgan fingerprint density at radius 1 is 1.53 bits per heavy atom. The van der Waals surface area contributed by atoms with Gasteiger partial charge in [-0.1, -0.05) is 6.07 Å². The summed E-state index contributed by atoms with van der Waals surface area (Å²) in [5.41, 5.74) is 7.89. The summed E-state index contributed by atoms with van der Waals surface area (Å²) in [6.45, 7) is 2.16. The van der Waals surface area contributed by atoms with Crippen LogP contribution in [0.15, 0.2) is 33.8 Å². The maximum Gasteiger partial charge on any atom is 0.265 e. The molecule has 2 heterocycles. The van der Waals surface area contributed by atoms with Gasteiger partial charge in [-0.25, -0.2) is 4.98 Å². The van der Waals surface area contributed by atoms with E-state index in [0.717, 1.165) is 11.1 Å². The van der Waals surface area contributed by atoms with Crippen molar-refractivity contribution < 1.29 is 4.74 Å². The molecule has 2 aromatic rings. The summed E-state index contributed by atoms with van der Waals surface area (Å²) in [4.78, 5) is 16.2. The summed E-state index contributed by atoms with van der Waals surface area (Å²) in [6, 6.07) is 3.66. The Bertz CT molecular complexity index is 667. The summed E-state index contributed by atoms with van der Waals surface area (Å²) >= 11 is 3.27. The number of methoxy groups -OCH3 is 1. The summed E-state index contributed by atoms with van der Waals surface area (Å²) in [6.07, 6.45) is 3.28. The molecule has 0 aliphatic rings. The van der Waals surface area contributed by atoms with E-state index >= 15 is 0 Å². The minimum atomic E-state index is -0.127. The van der Waals surface area contributed by atoms with Crippen molar-refractivity contribution in [3.63, 3.8) is 0 Å². The lowest BCUT2D eigenvalue weighted by molar-refractivity contribution is 0.391. The summed E-state index contributed by atoms with van der Waals surface area (Å²) in [7, 11) is 1.55. The van der Waals surface area contributed by atoms with Crippen LogP contribution < -0.4 is 16.0 Å². The molecule has 2 N–H and O–H groups in total. The van der Waals surface area contributed by atoms with Gasteiger partial charge < -0.3 is 15.0 Å². The van der Waals surface area contributed by atoms with Crippen LogP contribution in [0.2, 0.25) is 0 Å². The summed E-state index contributed by atoms with van der Waals surface area (Å²) < 4.78 is 7.19. The Hall–Kier alpha value is -1.82. The molecule has 0 unspecified atom stereocenters. The van der Waals surface area contributed by atoms with Crippen LogP contribution in [0, 0.1) is 6.92 Å². The van der Waals surface area contributed by atoms with Crippen LogP contribution in [0.25, 0.3) is 0 Å². The fourth-order valence-electron chi connectivity index (χ4n) is 1.77. The van der Waals surface area contributed by atoms with E-state index in [-0.39, 0.29) is 5.56 Å². The zero-order valence-corrected chi connectivity index (χ0v) is 12.3. The SMILES string of the molecule is COc1ncccc1Cn1cc(N)c(C)c(Br)c1=O. The molecule has 0 saturated carbocycles. The number of hydrogen-bond acceptors (Lipinski definition) is 4. The molecular weight excluding hydrogens is 310 g/mol. The predicted octanol–water partition coefficient (Wildman–Crippen LogP) is 1.95. The van der Waals surface area contributed by atoms with Gasteiger partial charge in [-0.2, -0.15) is 0 Å². The van der Waals surface area contributed by atoms with Crippen molar-refractivity contribution in [2.45, 2.75) is 13.5 Å². The highest BCUT2D eigenvalue weighted by Crippen LogP contribution is 2.19. The highest BCUT2D eigenvalue weighted by molar-refractivity contribution is 9.10. The van der Waals surface area contributed by atoms with Gasteiger partial charge in [-0.3, -0.25) is 4.79 Å². The van der Waals surface area contributed by atoms with Gasteiger partial charge in [0.1, 0.15) is 0 Å². The first-order valence-electron chi connectivity index (χ1n) is 5.67. The van der Waals surface area contributed by atoms with Crippen molar-refractivity contribution in [3.8, 4) is 5.88 Å². The zero-order chi connectivity index (χ0) is 14.0. The standard InChI is InChI=1S/C13H14BrN3O2/c1-8-10(15)7-17(13(18)11(8)14)6-9-4-3-5-16-12(9)19-2/h3-5,7H,6,15H2,1-2H3. The van der Waals surface area contributed by atoms with Gasteiger partial charge in [-0.15, -0.1) is 0 Å². The topological polar surface area (TPSA) is 70.1 Å². The second-order valence-electron chi connectivity index (χ2n) is 4.13. The van der Waals surface area contributed by atoms with Crippen LogP contribution in [0.3, 0.4) is 0 Å². The lowest BCUT2D eigenvalue weighted by Gasteiger charge is -2.12. The van der Waals surface area contributed by atoms with Gasteiger partial charge in [0.15, 0.2) is 0 Å². The lowest BCUT2D eigenvalue weighted by atomic mass is 10.2. The van der Waals surface area contributed by atoms with Crippen LogP contribution in [-0.4, -0.2) is 16.7 Å². The highest BCUT2D eigenvalue weighted by Gasteiger charge is 2.11. The molecule has 100 valence electrons. The van der Waals surface area contributed by atoms with E-state index in [1.165, 1.54) is 4.57 Å². The number of nitrogen functional groups attached to an aromatic ring is 1. The fourth-order valence-corrected chi connectivity index (χ4v) is 2.22. The molecule has 0 atom stereocenters. The van der Waals surface area contributed by atoms with Crippen molar-refractivity contribution >= 4 is 21.6 Å². The van der Waals surface area contributed by atoms with E-state index in [0.29, 0.717) is 22.6 Å². The van der Waals surface area contributed by atoms with Crippen molar-refractivity contribution in [2.24, 2.45) is 0 Å². The van der Waals surface area contributed by atoms with Crippen molar-refractivity contribution in [1.82, 2.24) is 9.55 Å². The van der Waals surface area contributed by atoms with Gasteiger partial charge in [0.05, 0.1) is 23.8 Å². The fraction of sp³-hybridized carbons (Fsp3) is 0.231. The van der Waals surface area contributed by atoms with E-state index in [1.54, 1.807) is 32.5 Å². The Kier molecular flexibility index (Phi) is 3.90. The van der Waals surface area contributed by atoms with E-state index < -0.39 is 0 Å². The molecule has 2 rings (SSSR count). The van der Waals surface area contributed by atoms with Crippen LogP contribution in [-0.2, 0) is 6.54 Å². The number of aromatic nitrogens is 2. The molecule has 19 heavy (non-hydrogen) atoms. The third-order valence-electron chi connectivity index (χ3n) is 2.89. The number of halogens is 1. The highest BCUT2D eigenvalue weighted by atomic mass is 79.9. The second-order valence-corrected chi connectivity index (χ2v) is 4.92. The van der Waals surface area contributed by atoms with E-state index in [4.69, 9.17) is 10.5 Å². The Labute approximate surface area is 119 Å². The third-order valence-corrected chi connectivity index (χ3v) is 3.82. The first kappa shape index (κ1) is 13.6. The second kappa shape index (κ2) is 5.44. The number of ether oxygens (including phenoxy) is 1. The number of anilines is 1. The number of rotatable bonds is 3. The van der Waals surface area contributed by atoms with Crippen LogP contribution in [0.5, 0.6) is 5.88 Å². The Morgan fingerprint density at radius 3 is 2.95 bits per heavy atom. The average Bonchev–Trinajstić information content (AvgIpc) is 2.43. The smallest absolute Gasteiger partial charge is 0.265 e. The predicted molar refractivity (Wildman–Crippen MR) is 77.4 cm³/mol. The Balaban J connectivity index is 2.47. The maximum atomic E-state index is 12.1. The number of nitrogens with zero attached hydrogens (tertiary/aromatic N) is 2. The molecule has 0 bridgehead atoms. The number of nitrogens with two attached hydrogens (primary N) is 1. The lowest BCUT2D eigenvalue weighted by Crippen LogP contribution is -2.23. The van der Waals surface area contributed by atoms with Crippen molar-refractivity contribution in [1.29, 1.82) is 0 Å². The molecule has 0 spiro atoms. The first-order chi connectivity index (χ1) is 9.04. The largest absolute Gasteiger partial charge is 0.481 e. The van der Waals surface area contributed by atoms with Gasteiger partial charge in [0.2, 0.25) is 5.88 Å². The van der Waals surface area contributed by atoms with E-state index in [2.05, 4.69) is 20.9 Å². The van der Waals surface area contributed by atoms with Crippen LogP contribution in [0.4, 0.5) is 5.69 Å². The minimum absolute atomic E-state index is 0.127. The summed E-state index contributed by atoms with van der Waals surface area (Å²) in [5, 5.41) is 0. The maximum absolute atomic E-state index is 12.1. The molecule has 0 fully saturated rings. The van der Waals surface area contributed by atoms with Gasteiger partial charge in [-0.05, 0) is 34.5 Å². The molecule has 0 radical (unpaired) electrons. The molecule has 0 aromatic carbocycles. The minimum Gasteiger partial charge on any atom is -0.481 e. The van der Waals surface area contributed by atoms with Gasteiger partial charge in [0, 0.05) is 18.0 Å². The number of pyridine rings is 2. The molecule has 2 aromatic heterocycles. The third kappa shape index (κ3) is 2.63. The van der Waals surface area contributed by atoms with Crippen molar-refractivity contribution in [2.75, 3.05) is 12.8 Å². The molecule has 0 aliphatic carbocycles. The average molecular weight is 324 g/mol. The Morgan fingerprint density at radius 2 is 2.26 bits per heavy atom. The molecule has 0 amide bonds. The molecule has 5 nitrogen and oxygen atoms in total.